The molecule has 6 aromatic carbocycles. The van der Waals surface area contributed by atoms with Crippen LogP contribution in [0, 0.1) is 41.5 Å². The van der Waals surface area contributed by atoms with Crippen LogP contribution in [0.25, 0.3) is 44.5 Å². The summed E-state index contributed by atoms with van der Waals surface area (Å²) in [5.74, 6) is 1.60. The van der Waals surface area contributed by atoms with Gasteiger partial charge in [0, 0.05) is 0 Å². The summed E-state index contributed by atoms with van der Waals surface area (Å²) in [4.78, 5) is 0. The minimum absolute atomic E-state index is 0.401. The van der Waals surface area contributed by atoms with E-state index < -0.39 is 15.4 Å². The molecule has 0 fully saturated rings. The molecule has 0 heterocycles. The number of hydrogen-bond donors (Lipinski definition) is 0. The third-order valence-electron chi connectivity index (χ3n) is 11.6. The van der Waals surface area contributed by atoms with Gasteiger partial charge in [0.25, 0.3) is 0 Å². The van der Waals surface area contributed by atoms with E-state index in [1.54, 1.807) is 4.40 Å². The van der Waals surface area contributed by atoms with E-state index in [2.05, 4.69) is 194 Å². The van der Waals surface area contributed by atoms with Crippen molar-refractivity contribution in [2.24, 2.45) is 0 Å². The van der Waals surface area contributed by atoms with Crippen LogP contribution >= 0.6 is 0 Å². The molecule has 0 bridgehead atoms. The average Bonchev–Trinajstić information content (AvgIpc) is 3.11. The van der Waals surface area contributed by atoms with Crippen molar-refractivity contribution in [1.29, 1.82) is 0 Å². The summed E-state index contributed by atoms with van der Waals surface area (Å²) in [7, 11) is 0. The van der Waals surface area contributed by atoms with E-state index in [1.165, 1.54) is 105 Å². The zero-order chi connectivity index (χ0) is 39.9. The van der Waals surface area contributed by atoms with E-state index in [0.717, 1.165) is 0 Å². The summed E-state index contributed by atoms with van der Waals surface area (Å²) in [6.45, 7) is 32.7. The fourth-order valence-corrected chi connectivity index (χ4v) is 12.7. The Morgan fingerprint density at radius 3 is 0.818 bits per heavy atom. The summed E-state index contributed by atoms with van der Waals surface area (Å²) in [5.41, 5.74) is 25.2. The molecule has 0 unspecified atom stereocenters. The quantitative estimate of drug-likeness (QED) is 0.121. The van der Waals surface area contributed by atoms with Crippen LogP contribution in [0.15, 0.2) is 97.1 Å². The Hall–Kier alpha value is -4.14. The Kier molecular flexibility index (Phi) is 12.2. The van der Waals surface area contributed by atoms with Gasteiger partial charge in [0.2, 0.25) is 0 Å². The summed E-state index contributed by atoms with van der Waals surface area (Å²) >= 11 is -0.973. The van der Waals surface area contributed by atoms with Gasteiger partial charge >= 0.3 is 342 Å². The predicted octanol–water partition coefficient (Wildman–Crippen LogP) is 14.4. The van der Waals surface area contributed by atoms with Gasteiger partial charge in [-0.25, -0.2) is 0 Å². The van der Waals surface area contributed by atoms with Crippen LogP contribution in [-0.4, -0.2) is 15.4 Å². The molecule has 2 radical (unpaired) electrons. The molecule has 1 heteroatoms. The van der Waals surface area contributed by atoms with E-state index >= 15 is 0 Å². The van der Waals surface area contributed by atoms with Crippen molar-refractivity contribution in [3.05, 3.63) is 153 Å². The van der Waals surface area contributed by atoms with E-state index in [0.29, 0.717) is 23.7 Å². The Morgan fingerprint density at radius 2 is 0.564 bits per heavy atom. The molecular weight excluding hydrogens is 721 g/mol. The summed E-state index contributed by atoms with van der Waals surface area (Å²) < 4.78 is 3.08. The second-order valence-electron chi connectivity index (χ2n) is 17.4. The fraction of sp³-hybridized carbons (Fsp3) is 0.333. The van der Waals surface area contributed by atoms with Crippen LogP contribution in [0.3, 0.4) is 0 Å². The van der Waals surface area contributed by atoms with Gasteiger partial charge in [-0.15, -0.1) is 0 Å². The standard InChI is InChI=1S/C54H62Ge/c1-31(2)41-19-15-20-42(32(3)4)51(41)47-25-18-26-48(52-43(33(5)6)21-16-22-44(52)34(7)8)54(47)55-53-45(49-37(11)27-35(9)28-38(49)12)23-17-24-46(53)50-39(13)29-36(10)30-40(50)14/h15-34H,1-14H3. The molecule has 0 saturated carbocycles. The van der Waals surface area contributed by atoms with Crippen LogP contribution in [0.1, 0.15) is 135 Å². The molecule has 0 aromatic heterocycles. The maximum absolute atomic E-state index is 2.47. The Morgan fingerprint density at radius 1 is 0.327 bits per heavy atom. The van der Waals surface area contributed by atoms with Crippen molar-refractivity contribution in [3.8, 4) is 44.5 Å². The molecule has 0 aliphatic carbocycles. The first-order chi connectivity index (χ1) is 26.1. The third kappa shape index (κ3) is 7.95. The van der Waals surface area contributed by atoms with Crippen molar-refractivity contribution in [2.75, 3.05) is 0 Å². The molecule has 55 heavy (non-hydrogen) atoms. The van der Waals surface area contributed by atoms with Crippen LogP contribution in [0.4, 0.5) is 0 Å². The number of rotatable bonds is 10. The van der Waals surface area contributed by atoms with Gasteiger partial charge in [0.15, 0.2) is 0 Å². The normalized spacial score (nSPS) is 11.8. The van der Waals surface area contributed by atoms with Crippen molar-refractivity contribution in [1.82, 2.24) is 0 Å². The van der Waals surface area contributed by atoms with Crippen molar-refractivity contribution in [2.45, 2.75) is 121 Å². The SMILES string of the molecule is Cc1cc(C)c(-c2cccc(-c3c(C)cc(C)cc3C)[c]2[Ge][c]2c(-c3c(C(C)C)cccc3C(C)C)cccc2-c2c(C(C)C)cccc2C(C)C)c(C)c1. The fourth-order valence-electron chi connectivity index (χ4n) is 9.27. The van der Waals surface area contributed by atoms with Gasteiger partial charge in [-0.2, -0.15) is 0 Å². The molecular formula is C54H62Ge. The van der Waals surface area contributed by atoms with Crippen LogP contribution in [0.5, 0.6) is 0 Å². The number of aryl methyl sites for hydroxylation is 6. The summed E-state index contributed by atoms with van der Waals surface area (Å²) in [6.07, 6.45) is 0. The van der Waals surface area contributed by atoms with Crippen molar-refractivity contribution < 1.29 is 0 Å². The molecule has 0 amide bonds. The second kappa shape index (κ2) is 16.5. The molecule has 0 N–H and O–H groups in total. The topological polar surface area (TPSA) is 0 Å². The van der Waals surface area contributed by atoms with Crippen molar-refractivity contribution in [3.63, 3.8) is 0 Å². The van der Waals surface area contributed by atoms with E-state index in [9.17, 15) is 0 Å². The minimum atomic E-state index is -0.973. The van der Waals surface area contributed by atoms with Gasteiger partial charge < -0.3 is 0 Å². The number of hydrogen-bond acceptors (Lipinski definition) is 0. The first-order valence-corrected chi connectivity index (χ1v) is 22.7. The second-order valence-corrected chi connectivity index (χ2v) is 20.0. The van der Waals surface area contributed by atoms with Gasteiger partial charge in [0.1, 0.15) is 0 Å². The summed E-state index contributed by atoms with van der Waals surface area (Å²) in [5, 5.41) is 0. The maximum atomic E-state index is 2.47. The van der Waals surface area contributed by atoms with Gasteiger partial charge in [-0.3, -0.25) is 0 Å². The molecule has 0 atom stereocenters. The van der Waals surface area contributed by atoms with E-state index in [4.69, 9.17) is 0 Å². The molecule has 0 aliphatic heterocycles. The van der Waals surface area contributed by atoms with Crippen LogP contribution in [0.2, 0.25) is 0 Å². The van der Waals surface area contributed by atoms with Gasteiger partial charge in [-0.05, 0) is 0 Å². The Bertz CT molecular complexity index is 2110. The van der Waals surface area contributed by atoms with Crippen LogP contribution < -0.4 is 8.79 Å². The average molecular weight is 784 g/mol. The zero-order valence-corrected chi connectivity index (χ0v) is 38.1. The molecule has 0 aliphatic rings. The first kappa shape index (κ1) is 40.5. The molecule has 0 nitrogen and oxygen atoms in total. The molecule has 0 saturated heterocycles. The van der Waals surface area contributed by atoms with Crippen LogP contribution in [-0.2, 0) is 0 Å². The number of benzene rings is 6. The predicted molar refractivity (Wildman–Crippen MR) is 244 cm³/mol. The Labute approximate surface area is 340 Å². The summed E-state index contributed by atoms with van der Waals surface area (Å²) in [6, 6.07) is 38.1. The monoisotopic (exact) mass is 784 g/mol. The van der Waals surface area contributed by atoms with E-state index in [-0.39, 0.29) is 0 Å². The molecule has 6 rings (SSSR count). The zero-order valence-electron chi connectivity index (χ0n) is 36.0. The molecule has 6 aromatic rings. The van der Waals surface area contributed by atoms with Gasteiger partial charge in [-0.1, -0.05) is 0 Å². The van der Waals surface area contributed by atoms with Gasteiger partial charge in [0.05, 0.1) is 0 Å². The van der Waals surface area contributed by atoms with Crippen molar-refractivity contribution >= 4 is 24.2 Å². The molecule has 282 valence electrons. The third-order valence-corrected chi connectivity index (χ3v) is 14.9. The first-order valence-electron chi connectivity index (χ1n) is 20.6. The van der Waals surface area contributed by atoms with E-state index in [1.807, 2.05) is 0 Å². The Balaban J connectivity index is 1.83. The molecule has 0 spiro atoms.